The number of piperazine rings is 1. The van der Waals surface area contributed by atoms with Crippen molar-refractivity contribution in [2.45, 2.75) is 31.8 Å². The zero-order valence-electron chi connectivity index (χ0n) is 10.9. The highest BCUT2D eigenvalue weighted by Gasteiger charge is 2.34. The number of carbonyl (C=O) groups is 1. The van der Waals surface area contributed by atoms with Crippen LogP contribution in [0.25, 0.3) is 0 Å². The van der Waals surface area contributed by atoms with Gasteiger partial charge in [0.15, 0.2) is 0 Å². The molecule has 7 heteroatoms. The average molecular weight is 275 g/mol. The standard InChI is InChI=1S/C11H21N3O3S/c1-9-8-13(6-7-14(9)18(2,16)17)11(15)10-4-3-5-12-10/h9-10,12H,3-8H2,1-2H3/t9-,10+/m0/s1. The first-order valence-corrected chi connectivity index (χ1v) is 8.23. The molecule has 1 amide bonds. The van der Waals surface area contributed by atoms with Crippen LogP contribution in [0.2, 0.25) is 0 Å². The molecule has 0 radical (unpaired) electrons. The van der Waals surface area contributed by atoms with Gasteiger partial charge in [-0.2, -0.15) is 4.31 Å². The average Bonchev–Trinajstić information content (AvgIpc) is 2.79. The second kappa shape index (κ2) is 5.14. The lowest BCUT2D eigenvalue weighted by Crippen LogP contribution is -2.57. The maximum atomic E-state index is 12.2. The molecule has 2 rings (SSSR count). The van der Waals surface area contributed by atoms with Crippen LogP contribution >= 0.6 is 0 Å². The number of nitrogens with zero attached hydrogens (tertiary/aromatic N) is 2. The van der Waals surface area contributed by atoms with Gasteiger partial charge in [0.25, 0.3) is 0 Å². The summed E-state index contributed by atoms with van der Waals surface area (Å²) in [5, 5.41) is 3.19. The number of hydrogen-bond acceptors (Lipinski definition) is 4. The molecule has 2 heterocycles. The van der Waals surface area contributed by atoms with Crippen LogP contribution in [0.3, 0.4) is 0 Å². The Bertz CT molecular complexity index is 417. The molecular weight excluding hydrogens is 254 g/mol. The van der Waals surface area contributed by atoms with Crippen molar-refractivity contribution in [2.75, 3.05) is 32.4 Å². The molecule has 2 fully saturated rings. The van der Waals surface area contributed by atoms with E-state index in [2.05, 4.69) is 5.32 Å². The molecule has 18 heavy (non-hydrogen) atoms. The minimum Gasteiger partial charge on any atom is -0.338 e. The number of carbonyl (C=O) groups excluding carboxylic acids is 1. The maximum absolute atomic E-state index is 12.2. The van der Waals surface area contributed by atoms with Crippen molar-refractivity contribution in [1.29, 1.82) is 0 Å². The van der Waals surface area contributed by atoms with Crippen molar-refractivity contribution in [1.82, 2.24) is 14.5 Å². The van der Waals surface area contributed by atoms with Gasteiger partial charge in [0, 0.05) is 25.7 Å². The topological polar surface area (TPSA) is 69.7 Å². The van der Waals surface area contributed by atoms with Crippen LogP contribution in [-0.2, 0) is 14.8 Å². The van der Waals surface area contributed by atoms with Crippen LogP contribution in [0, 0.1) is 0 Å². The molecule has 0 aromatic heterocycles. The van der Waals surface area contributed by atoms with Gasteiger partial charge in [-0.25, -0.2) is 8.42 Å². The molecular formula is C11H21N3O3S. The van der Waals surface area contributed by atoms with E-state index in [9.17, 15) is 13.2 Å². The van der Waals surface area contributed by atoms with Crippen molar-refractivity contribution < 1.29 is 13.2 Å². The van der Waals surface area contributed by atoms with Crippen LogP contribution in [0.4, 0.5) is 0 Å². The molecule has 2 aliphatic rings. The summed E-state index contributed by atoms with van der Waals surface area (Å²) in [5.74, 6) is 0.118. The second-order valence-electron chi connectivity index (χ2n) is 5.16. The Morgan fingerprint density at radius 1 is 1.33 bits per heavy atom. The third kappa shape index (κ3) is 2.84. The van der Waals surface area contributed by atoms with Crippen molar-refractivity contribution in [3.8, 4) is 0 Å². The Hall–Kier alpha value is -0.660. The lowest BCUT2D eigenvalue weighted by Gasteiger charge is -2.39. The highest BCUT2D eigenvalue weighted by Crippen LogP contribution is 2.16. The van der Waals surface area contributed by atoms with E-state index < -0.39 is 10.0 Å². The molecule has 1 N–H and O–H groups in total. The van der Waals surface area contributed by atoms with Crippen molar-refractivity contribution in [3.05, 3.63) is 0 Å². The predicted molar refractivity (Wildman–Crippen MR) is 68.6 cm³/mol. The Labute approximate surface area is 108 Å². The first-order valence-electron chi connectivity index (χ1n) is 6.38. The molecule has 0 unspecified atom stereocenters. The van der Waals surface area contributed by atoms with E-state index in [0.717, 1.165) is 19.4 Å². The van der Waals surface area contributed by atoms with E-state index in [0.29, 0.717) is 19.6 Å². The Kier molecular flexibility index (Phi) is 3.93. The summed E-state index contributed by atoms with van der Waals surface area (Å²) < 4.78 is 24.6. The smallest absolute Gasteiger partial charge is 0.239 e. The van der Waals surface area contributed by atoms with E-state index >= 15 is 0 Å². The van der Waals surface area contributed by atoms with Crippen LogP contribution in [0.1, 0.15) is 19.8 Å². The van der Waals surface area contributed by atoms with Crippen molar-refractivity contribution in [2.24, 2.45) is 0 Å². The molecule has 0 spiro atoms. The monoisotopic (exact) mass is 275 g/mol. The number of sulfonamides is 1. The van der Waals surface area contributed by atoms with Crippen molar-refractivity contribution in [3.63, 3.8) is 0 Å². The van der Waals surface area contributed by atoms with E-state index in [1.807, 2.05) is 6.92 Å². The van der Waals surface area contributed by atoms with Gasteiger partial charge < -0.3 is 10.2 Å². The maximum Gasteiger partial charge on any atom is 0.239 e. The van der Waals surface area contributed by atoms with Gasteiger partial charge in [-0.1, -0.05) is 0 Å². The van der Waals surface area contributed by atoms with E-state index in [4.69, 9.17) is 0 Å². The van der Waals surface area contributed by atoms with E-state index in [1.165, 1.54) is 10.6 Å². The molecule has 104 valence electrons. The van der Waals surface area contributed by atoms with E-state index in [-0.39, 0.29) is 18.0 Å². The zero-order valence-corrected chi connectivity index (χ0v) is 11.7. The second-order valence-corrected chi connectivity index (χ2v) is 7.09. The predicted octanol–water partition coefficient (Wildman–Crippen LogP) is -0.769. The van der Waals surface area contributed by atoms with Gasteiger partial charge in [0.1, 0.15) is 0 Å². The summed E-state index contributed by atoms with van der Waals surface area (Å²) in [7, 11) is -3.16. The summed E-state index contributed by atoms with van der Waals surface area (Å²) in [6.45, 7) is 4.13. The fraction of sp³-hybridized carbons (Fsp3) is 0.909. The third-order valence-corrected chi connectivity index (χ3v) is 5.06. The summed E-state index contributed by atoms with van der Waals surface area (Å²) >= 11 is 0. The molecule has 2 aliphatic heterocycles. The molecule has 2 saturated heterocycles. The quantitative estimate of drug-likeness (QED) is 0.718. The zero-order chi connectivity index (χ0) is 13.3. The van der Waals surface area contributed by atoms with Gasteiger partial charge in [0.05, 0.1) is 12.3 Å². The molecule has 0 aromatic carbocycles. The van der Waals surface area contributed by atoms with Gasteiger partial charge >= 0.3 is 0 Å². The molecule has 0 aliphatic carbocycles. The summed E-state index contributed by atoms with van der Waals surface area (Å²) in [6.07, 6.45) is 3.15. The first-order chi connectivity index (χ1) is 8.39. The summed E-state index contributed by atoms with van der Waals surface area (Å²) in [4.78, 5) is 14.0. The lowest BCUT2D eigenvalue weighted by atomic mass is 10.1. The van der Waals surface area contributed by atoms with Crippen LogP contribution in [0.5, 0.6) is 0 Å². The fourth-order valence-corrected chi connectivity index (χ4v) is 3.88. The van der Waals surface area contributed by atoms with Gasteiger partial charge in [0.2, 0.25) is 15.9 Å². The van der Waals surface area contributed by atoms with Crippen LogP contribution in [-0.4, -0.2) is 68.0 Å². The normalized spacial score (nSPS) is 30.7. The van der Waals surface area contributed by atoms with Crippen LogP contribution < -0.4 is 5.32 Å². The fourth-order valence-electron chi connectivity index (χ4n) is 2.75. The van der Waals surface area contributed by atoms with Gasteiger partial charge in [-0.3, -0.25) is 4.79 Å². The molecule has 2 atom stereocenters. The first kappa shape index (κ1) is 13.8. The minimum absolute atomic E-state index is 0.0676. The number of amides is 1. The molecule has 0 aromatic rings. The lowest BCUT2D eigenvalue weighted by molar-refractivity contribution is -0.135. The SMILES string of the molecule is C[C@H]1CN(C(=O)[C@H]2CCCN2)CCN1S(C)(=O)=O. The Morgan fingerprint density at radius 2 is 2.06 bits per heavy atom. The van der Waals surface area contributed by atoms with Crippen molar-refractivity contribution >= 4 is 15.9 Å². The largest absolute Gasteiger partial charge is 0.338 e. The van der Waals surface area contributed by atoms with Crippen LogP contribution in [0.15, 0.2) is 0 Å². The third-order valence-electron chi connectivity index (χ3n) is 3.66. The summed E-state index contributed by atoms with van der Waals surface area (Å²) in [6, 6.07) is -0.207. The van der Waals surface area contributed by atoms with E-state index in [1.54, 1.807) is 4.90 Å². The number of rotatable bonds is 2. The van der Waals surface area contributed by atoms with Gasteiger partial charge in [-0.05, 0) is 26.3 Å². The van der Waals surface area contributed by atoms with Gasteiger partial charge in [-0.15, -0.1) is 0 Å². The molecule has 0 bridgehead atoms. The Balaban J connectivity index is 1.97. The Morgan fingerprint density at radius 3 is 2.56 bits per heavy atom. The number of hydrogen-bond donors (Lipinski definition) is 1. The minimum atomic E-state index is -3.16. The highest BCUT2D eigenvalue weighted by atomic mass is 32.2. The molecule has 6 nitrogen and oxygen atoms in total. The summed E-state index contributed by atoms with van der Waals surface area (Å²) in [5.41, 5.74) is 0. The number of nitrogens with one attached hydrogen (secondary N) is 1. The highest BCUT2D eigenvalue weighted by molar-refractivity contribution is 7.88. The molecule has 0 saturated carbocycles.